The second-order valence-corrected chi connectivity index (χ2v) is 6.37. The third kappa shape index (κ3) is 1.59. The van der Waals surface area contributed by atoms with Gasteiger partial charge in [-0.2, -0.15) is 10.4 Å². The van der Waals surface area contributed by atoms with Crippen molar-refractivity contribution in [2.24, 2.45) is 24.3 Å². The van der Waals surface area contributed by atoms with Crippen LogP contribution in [-0.2, 0) is 13.5 Å². The van der Waals surface area contributed by atoms with Crippen LogP contribution in [0.5, 0.6) is 0 Å². The van der Waals surface area contributed by atoms with Crippen LogP contribution in [-0.4, -0.2) is 9.78 Å². The molecule has 3 unspecified atom stereocenters. The van der Waals surface area contributed by atoms with Gasteiger partial charge in [-0.1, -0.05) is 18.0 Å². The lowest BCUT2D eigenvalue weighted by atomic mass is 9.71. The van der Waals surface area contributed by atoms with E-state index in [0.29, 0.717) is 5.92 Å². The first-order valence-corrected chi connectivity index (χ1v) is 7.03. The topological polar surface area (TPSA) is 41.6 Å². The normalized spacial score (nSPS) is 33.9. The third-order valence-corrected chi connectivity index (χ3v) is 5.43. The van der Waals surface area contributed by atoms with Crippen LogP contribution in [0, 0.1) is 35.5 Å². The highest BCUT2D eigenvalue weighted by atomic mass is 35.5. The van der Waals surface area contributed by atoms with Crippen LogP contribution in [0.4, 0.5) is 0 Å². The zero-order chi connectivity index (χ0) is 12.9. The molecule has 0 saturated heterocycles. The predicted octanol–water partition coefficient (Wildman–Crippen LogP) is 3.25. The minimum absolute atomic E-state index is 0.188. The Kier molecular flexibility index (Phi) is 2.67. The molecule has 0 aliphatic heterocycles. The van der Waals surface area contributed by atoms with Crippen molar-refractivity contribution in [1.29, 1.82) is 5.26 Å². The number of rotatable bonds is 2. The molecule has 2 aliphatic carbocycles. The fourth-order valence-corrected chi connectivity index (χ4v) is 4.23. The average Bonchev–Trinajstić information content (AvgIpc) is 3.00. The van der Waals surface area contributed by atoms with Crippen molar-refractivity contribution in [3.05, 3.63) is 16.4 Å². The lowest BCUT2D eigenvalue weighted by Gasteiger charge is -2.31. The predicted molar refractivity (Wildman–Crippen MR) is 70.2 cm³/mol. The van der Waals surface area contributed by atoms with E-state index >= 15 is 0 Å². The third-order valence-electron chi connectivity index (χ3n) is 4.94. The average molecular weight is 264 g/mol. The van der Waals surface area contributed by atoms with Crippen molar-refractivity contribution >= 4 is 11.6 Å². The Morgan fingerprint density at radius 2 is 2.33 bits per heavy atom. The zero-order valence-electron chi connectivity index (χ0n) is 10.9. The lowest BCUT2D eigenvalue weighted by molar-refractivity contribution is 0.235. The largest absolute Gasteiger partial charge is 0.271 e. The van der Waals surface area contributed by atoms with Gasteiger partial charge in [0.05, 0.1) is 27.9 Å². The minimum atomic E-state index is -0.188. The molecule has 2 bridgehead atoms. The zero-order valence-corrected chi connectivity index (χ0v) is 11.7. The van der Waals surface area contributed by atoms with E-state index in [1.807, 2.05) is 18.7 Å². The van der Waals surface area contributed by atoms with Gasteiger partial charge in [0.1, 0.15) is 0 Å². The maximum atomic E-state index is 9.67. The van der Waals surface area contributed by atoms with Gasteiger partial charge in [0.25, 0.3) is 0 Å². The molecular weight excluding hydrogens is 246 g/mol. The standard InChI is InChI=1S/C14H18ClN3/c1-9-13(15)12(18(2)17-9)7-14(8-16)6-10-3-4-11(14)5-10/h10-11H,3-7H2,1-2H3. The van der Waals surface area contributed by atoms with Crippen LogP contribution >= 0.6 is 11.6 Å². The molecule has 3 rings (SSSR count). The fourth-order valence-electron chi connectivity index (χ4n) is 4.01. The molecule has 18 heavy (non-hydrogen) atoms. The molecule has 2 fully saturated rings. The number of hydrogen-bond acceptors (Lipinski definition) is 2. The van der Waals surface area contributed by atoms with Gasteiger partial charge in [-0.05, 0) is 38.0 Å². The molecule has 2 saturated carbocycles. The maximum Gasteiger partial charge on any atom is 0.0847 e. The van der Waals surface area contributed by atoms with E-state index in [1.54, 1.807) is 0 Å². The molecule has 1 heterocycles. The number of aromatic nitrogens is 2. The van der Waals surface area contributed by atoms with Gasteiger partial charge in [-0.25, -0.2) is 0 Å². The van der Waals surface area contributed by atoms with Crippen molar-refractivity contribution in [3.8, 4) is 6.07 Å². The second-order valence-electron chi connectivity index (χ2n) is 5.99. The van der Waals surface area contributed by atoms with Crippen molar-refractivity contribution in [1.82, 2.24) is 9.78 Å². The summed E-state index contributed by atoms with van der Waals surface area (Å²) in [5, 5.41) is 14.8. The molecule has 96 valence electrons. The molecule has 0 spiro atoms. The summed E-state index contributed by atoms with van der Waals surface area (Å²) in [4.78, 5) is 0. The monoisotopic (exact) mass is 263 g/mol. The van der Waals surface area contributed by atoms with Crippen molar-refractivity contribution in [2.45, 2.75) is 39.0 Å². The number of halogens is 1. The Balaban J connectivity index is 1.94. The van der Waals surface area contributed by atoms with Crippen LogP contribution in [0.1, 0.15) is 37.1 Å². The summed E-state index contributed by atoms with van der Waals surface area (Å²) >= 11 is 6.32. The summed E-state index contributed by atoms with van der Waals surface area (Å²) in [5.41, 5.74) is 1.71. The van der Waals surface area contributed by atoms with Gasteiger partial charge in [0.2, 0.25) is 0 Å². The maximum absolute atomic E-state index is 9.67. The quantitative estimate of drug-likeness (QED) is 0.822. The summed E-state index contributed by atoms with van der Waals surface area (Å²) in [7, 11) is 1.92. The van der Waals surface area contributed by atoms with Gasteiger partial charge in [-0.15, -0.1) is 0 Å². The highest BCUT2D eigenvalue weighted by Gasteiger charge is 2.51. The minimum Gasteiger partial charge on any atom is -0.271 e. The Labute approximate surface area is 113 Å². The number of hydrogen-bond donors (Lipinski definition) is 0. The van der Waals surface area contributed by atoms with Crippen LogP contribution < -0.4 is 0 Å². The fraction of sp³-hybridized carbons (Fsp3) is 0.714. The van der Waals surface area contributed by atoms with Crippen LogP contribution in [0.2, 0.25) is 5.02 Å². The number of aryl methyl sites for hydroxylation is 2. The van der Waals surface area contributed by atoms with E-state index in [2.05, 4.69) is 11.2 Å². The van der Waals surface area contributed by atoms with Crippen LogP contribution in [0.3, 0.4) is 0 Å². The van der Waals surface area contributed by atoms with Crippen molar-refractivity contribution in [3.63, 3.8) is 0 Å². The summed E-state index contributed by atoms with van der Waals surface area (Å²) in [6.07, 6.45) is 5.58. The summed E-state index contributed by atoms with van der Waals surface area (Å²) in [5.74, 6) is 1.33. The van der Waals surface area contributed by atoms with Gasteiger partial charge < -0.3 is 0 Å². The van der Waals surface area contributed by atoms with E-state index in [4.69, 9.17) is 11.6 Å². The first kappa shape index (κ1) is 12.0. The summed E-state index contributed by atoms with van der Waals surface area (Å²) < 4.78 is 1.85. The molecule has 0 aromatic carbocycles. The summed E-state index contributed by atoms with van der Waals surface area (Å²) in [6.45, 7) is 1.92. The Bertz CT molecular complexity index is 528. The molecule has 2 aliphatic rings. The van der Waals surface area contributed by atoms with Gasteiger partial charge in [0, 0.05) is 13.5 Å². The molecule has 0 radical (unpaired) electrons. The Morgan fingerprint density at radius 1 is 1.56 bits per heavy atom. The molecule has 0 amide bonds. The molecule has 1 aromatic heterocycles. The number of fused-ring (bicyclic) bond motifs is 2. The van der Waals surface area contributed by atoms with E-state index in [1.165, 1.54) is 19.3 Å². The number of nitrogens with zero attached hydrogens (tertiary/aromatic N) is 3. The Morgan fingerprint density at radius 3 is 2.78 bits per heavy atom. The van der Waals surface area contributed by atoms with Crippen molar-refractivity contribution < 1.29 is 0 Å². The number of nitriles is 1. The van der Waals surface area contributed by atoms with Crippen LogP contribution in [0.25, 0.3) is 0 Å². The SMILES string of the molecule is Cc1nn(C)c(CC2(C#N)CC3CCC2C3)c1Cl. The molecule has 3 atom stereocenters. The first-order valence-electron chi connectivity index (χ1n) is 6.65. The van der Waals surface area contributed by atoms with Gasteiger partial charge >= 0.3 is 0 Å². The van der Waals surface area contributed by atoms with Gasteiger partial charge in [-0.3, -0.25) is 4.68 Å². The highest BCUT2D eigenvalue weighted by Crippen LogP contribution is 2.57. The first-order chi connectivity index (χ1) is 8.55. The summed E-state index contributed by atoms with van der Waals surface area (Å²) in [6, 6.07) is 2.62. The van der Waals surface area contributed by atoms with Gasteiger partial charge in [0.15, 0.2) is 0 Å². The van der Waals surface area contributed by atoms with E-state index < -0.39 is 0 Å². The van der Waals surface area contributed by atoms with Crippen molar-refractivity contribution in [2.75, 3.05) is 0 Å². The molecule has 4 heteroatoms. The molecule has 0 N–H and O–H groups in total. The molecular formula is C14H18ClN3. The molecule has 3 nitrogen and oxygen atoms in total. The van der Waals surface area contributed by atoms with E-state index in [-0.39, 0.29) is 5.41 Å². The lowest BCUT2D eigenvalue weighted by Crippen LogP contribution is -2.29. The molecule has 1 aromatic rings. The van der Waals surface area contributed by atoms with E-state index in [9.17, 15) is 5.26 Å². The van der Waals surface area contributed by atoms with E-state index in [0.717, 1.165) is 35.2 Å². The highest BCUT2D eigenvalue weighted by molar-refractivity contribution is 6.31. The van der Waals surface area contributed by atoms with Crippen LogP contribution in [0.15, 0.2) is 0 Å². The Hall–Kier alpha value is -1.01. The second kappa shape index (κ2) is 3.99. The smallest absolute Gasteiger partial charge is 0.0847 e.